The SMILES string of the molecule is Cc1cnc(CC2c3ccc(C#N)cc3CCC2c2ccc(F)cc2)[nH]1. The molecule has 1 aliphatic carbocycles. The highest BCUT2D eigenvalue weighted by Crippen LogP contribution is 2.44. The van der Waals surface area contributed by atoms with Gasteiger partial charge in [-0.15, -0.1) is 0 Å². The van der Waals surface area contributed by atoms with E-state index in [2.05, 4.69) is 22.1 Å². The lowest BCUT2D eigenvalue weighted by Crippen LogP contribution is -2.22. The number of nitrogens with one attached hydrogen (secondary N) is 1. The quantitative estimate of drug-likeness (QED) is 0.742. The Kier molecular flexibility index (Phi) is 4.30. The molecule has 4 heteroatoms. The van der Waals surface area contributed by atoms with Crippen molar-refractivity contribution in [3.05, 3.63) is 88.3 Å². The van der Waals surface area contributed by atoms with Crippen molar-refractivity contribution in [3.63, 3.8) is 0 Å². The number of aromatic amines is 1. The lowest BCUT2D eigenvalue weighted by Gasteiger charge is -2.34. The highest BCUT2D eigenvalue weighted by atomic mass is 19.1. The third kappa shape index (κ3) is 3.13. The van der Waals surface area contributed by atoms with Gasteiger partial charge in [0.15, 0.2) is 0 Å². The van der Waals surface area contributed by atoms with Crippen LogP contribution in [0.15, 0.2) is 48.7 Å². The molecule has 0 spiro atoms. The zero-order valence-corrected chi connectivity index (χ0v) is 14.7. The van der Waals surface area contributed by atoms with Gasteiger partial charge in [-0.1, -0.05) is 18.2 Å². The number of fused-ring (bicyclic) bond motifs is 1. The first-order valence-electron chi connectivity index (χ1n) is 8.93. The summed E-state index contributed by atoms with van der Waals surface area (Å²) in [4.78, 5) is 7.83. The largest absolute Gasteiger partial charge is 0.346 e. The van der Waals surface area contributed by atoms with E-state index in [4.69, 9.17) is 0 Å². The van der Waals surface area contributed by atoms with E-state index in [1.54, 1.807) is 0 Å². The molecule has 0 aliphatic heterocycles. The molecular weight excluding hydrogens is 325 g/mol. The Morgan fingerprint density at radius 3 is 2.73 bits per heavy atom. The van der Waals surface area contributed by atoms with Crippen LogP contribution in [0.2, 0.25) is 0 Å². The molecule has 0 fully saturated rings. The summed E-state index contributed by atoms with van der Waals surface area (Å²) in [6.07, 6.45) is 4.57. The van der Waals surface area contributed by atoms with Crippen LogP contribution in [0.4, 0.5) is 4.39 Å². The summed E-state index contributed by atoms with van der Waals surface area (Å²) in [6.45, 7) is 2.00. The van der Waals surface area contributed by atoms with Crippen molar-refractivity contribution in [2.24, 2.45) is 0 Å². The fourth-order valence-electron chi connectivity index (χ4n) is 4.12. The van der Waals surface area contributed by atoms with Gasteiger partial charge in [-0.05, 0) is 72.6 Å². The number of H-pyrrole nitrogens is 1. The van der Waals surface area contributed by atoms with Crippen molar-refractivity contribution in [3.8, 4) is 6.07 Å². The van der Waals surface area contributed by atoms with Gasteiger partial charge in [0.25, 0.3) is 0 Å². The van der Waals surface area contributed by atoms with Gasteiger partial charge in [0.1, 0.15) is 11.6 Å². The number of halogens is 1. The van der Waals surface area contributed by atoms with E-state index in [0.29, 0.717) is 11.5 Å². The van der Waals surface area contributed by atoms with Gasteiger partial charge in [0.05, 0.1) is 11.6 Å². The molecule has 0 radical (unpaired) electrons. The predicted molar refractivity (Wildman–Crippen MR) is 98.4 cm³/mol. The molecule has 1 aliphatic rings. The van der Waals surface area contributed by atoms with Crippen LogP contribution in [0.1, 0.15) is 52.0 Å². The number of aromatic nitrogens is 2. The van der Waals surface area contributed by atoms with Gasteiger partial charge in [-0.2, -0.15) is 5.26 Å². The molecule has 0 saturated carbocycles. The average molecular weight is 345 g/mol. The molecule has 1 aromatic heterocycles. The number of imidazole rings is 1. The molecule has 26 heavy (non-hydrogen) atoms. The number of hydrogen-bond donors (Lipinski definition) is 1. The van der Waals surface area contributed by atoms with E-state index >= 15 is 0 Å². The standard InChI is InChI=1S/C22H20FN3/c1-14-13-25-22(26-14)11-21-19(16-3-6-18(23)7-4-16)9-5-17-10-15(12-24)2-8-20(17)21/h2-4,6-8,10,13,19,21H,5,9,11H2,1H3,(H,25,26). The van der Waals surface area contributed by atoms with Crippen molar-refractivity contribution in [1.82, 2.24) is 9.97 Å². The van der Waals surface area contributed by atoms with Crippen LogP contribution in [-0.4, -0.2) is 9.97 Å². The lowest BCUT2D eigenvalue weighted by atomic mass is 9.70. The third-order valence-corrected chi connectivity index (χ3v) is 5.35. The maximum absolute atomic E-state index is 13.4. The fraction of sp³-hybridized carbons (Fsp3) is 0.273. The molecule has 130 valence electrons. The Labute approximate surface area is 152 Å². The second kappa shape index (κ2) is 6.76. The lowest BCUT2D eigenvalue weighted by molar-refractivity contribution is 0.464. The zero-order chi connectivity index (χ0) is 18.1. The second-order valence-corrected chi connectivity index (χ2v) is 7.05. The molecule has 0 bridgehead atoms. The van der Waals surface area contributed by atoms with Crippen LogP contribution in [-0.2, 0) is 12.8 Å². The van der Waals surface area contributed by atoms with Crippen LogP contribution in [0.3, 0.4) is 0 Å². The van der Waals surface area contributed by atoms with E-state index in [1.807, 2.05) is 37.4 Å². The molecule has 0 amide bonds. The smallest absolute Gasteiger partial charge is 0.123 e. The predicted octanol–water partition coefficient (Wildman–Crippen LogP) is 4.79. The summed E-state index contributed by atoms with van der Waals surface area (Å²) in [7, 11) is 0. The second-order valence-electron chi connectivity index (χ2n) is 7.05. The number of aryl methyl sites for hydroxylation is 2. The van der Waals surface area contributed by atoms with Gasteiger partial charge in [0.2, 0.25) is 0 Å². The summed E-state index contributed by atoms with van der Waals surface area (Å²) in [5.74, 6) is 1.32. The van der Waals surface area contributed by atoms with E-state index in [9.17, 15) is 9.65 Å². The van der Waals surface area contributed by atoms with Crippen LogP contribution in [0.5, 0.6) is 0 Å². The summed E-state index contributed by atoms with van der Waals surface area (Å²) in [5.41, 5.74) is 5.44. The minimum Gasteiger partial charge on any atom is -0.346 e. The Morgan fingerprint density at radius 2 is 2.04 bits per heavy atom. The molecular formula is C22H20FN3. The molecule has 2 aromatic carbocycles. The molecule has 3 nitrogen and oxygen atoms in total. The molecule has 1 N–H and O–H groups in total. The Bertz CT molecular complexity index is 966. The van der Waals surface area contributed by atoms with Gasteiger partial charge >= 0.3 is 0 Å². The van der Waals surface area contributed by atoms with Crippen LogP contribution >= 0.6 is 0 Å². The van der Waals surface area contributed by atoms with E-state index in [-0.39, 0.29) is 11.7 Å². The Morgan fingerprint density at radius 1 is 1.23 bits per heavy atom. The first-order chi connectivity index (χ1) is 12.6. The van der Waals surface area contributed by atoms with Gasteiger partial charge in [-0.3, -0.25) is 0 Å². The maximum Gasteiger partial charge on any atom is 0.123 e. The molecule has 3 aromatic rings. The first kappa shape index (κ1) is 16.5. The topological polar surface area (TPSA) is 52.5 Å². The van der Waals surface area contributed by atoms with Crippen molar-refractivity contribution in [2.75, 3.05) is 0 Å². The number of nitriles is 1. The Hall–Kier alpha value is -2.93. The molecule has 0 saturated heterocycles. The Balaban J connectivity index is 1.75. The van der Waals surface area contributed by atoms with E-state index in [1.165, 1.54) is 23.3 Å². The summed E-state index contributed by atoms with van der Waals surface area (Å²) >= 11 is 0. The van der Waals surface area contributed by atoms with E-state index in [0.717, 1.165) is 36.3 Å². The first-order valence-corrected chi connectivity index (χ1v) is 8.93. The van der Waals surface area contributed by atoms with Crippen molar-refractivity contribution in [1.29, 1.82) is 5.26 Å². The minimum absolute atomic E-state index is 0.207. The number of benzene rings is 2. The van der Waals surface area contributed by atoms with Crippen molar-refractivity contribution >= 4 is 0 Å². The van der Waals surface area contributed by atoms with Gasteiger partial charge in [-0.25, -0.2) is 9.37 Å². The highest BCUT2D eigenvalue weighted by Gasteiger charge is 2.31. The summed E-state index contributed by atoms with van der Waals surface area (Å²) in [6, 6.07) is 15.1. The van der Waals surface area contributed by atoms with Crippen molar-refractivity contribution < 1.29 is 4.39 Å². The van der Waals surface area contributed by atoms with Crippen LogP contribution in [0.25, 0.3) is 0 Å². The normalized spacial score (nSPS) is 19.0. The maximum atomic E-state index is 13.4. The highest BCUT2D eigenvalue weighted by molar-refractivity contribution is 5.44. The summed E-state index contributed by atoms with van der Waals surface area (Å²) in [5, 5.41) is 9.20. The molecule has 2 atom stereocenters. The van der Waals surface area contributed by atoms with Crippen LogP contribution in [0, 0.1) is 24.1 Å². The summed E-state index contributed by atoms with van der Waals surface area (Å²) < 4.78 is 13.4. The van der Waals surface area contributed by atoms with Gasteiger partial charge in [0, 0.05) is 18.3 Å². The third-order valence-electron chi connectivity index (χ3n) is 5.35. The average Bonchev–Trinajstić information content (AvgIpc) is 3.07. The van der Waals surface area contributed by atoms with E-state index < -0.39 is 0 Å². The number of rotatable bonds is 3. The molecule has 2 unspecified atom stereocenters. The zero-order valence-electron chi connectivity index (χ0n) is 14.7. The van der Waals surface area contributed by atoms with Crippen LogP contribution < -0.4 is 0 Å². The monoisotopic (exact) mass is 345 g/mol. The number of hydrogen-bond acceptors (Lipinski definition) is 2. The molecule has 1 heterocycles. The number of nitrogens with zero attached hydrogens (tertiary/aromatic N) is 2. The van der Waals surface area contributed by atoms with Gasteiger partial charge < -0.3 is 4.98 Å². The minimum atomic E-state index is -0.207. The molecule has 4 rings (SSSR count). The fourth-order valence-corrected chi connectivity index (χ4v) is 4.12. The van der Waals surface area contributed by atoms with Crippen molar-refractivity contribution in [2.45, 2.75) is 38.0 Å².